The Morgan fingerprint density at radius 2 is 1.09 bits per heavy atom. The predicted molar refractivity (Wildman–Crippen MR) is 114 cm³/mol. The van der Waals surface area contributed by atoms with Crippen molar-refractivity contribution in [2.24, 2.45) is 0 Å². The van der Waals surface area contributed by atoms with Gasteiger partial charge >= 0.3 is 29.8 Å². The molecule has 190 valence electrons. The third-order valence-electron chi connectivity index (χ3n) is 4.00. The summed E-state index contributed by atoms with van der Waals surface area (Å²) < 4.78 is 29.2. The number of ether oxygens (including phenoxy) is 6. The fraction of sp³-hybridized carbons (Fsp3) is 0.435. The molecular weight excluding hydrogens is 468 g/mol. The Hall–Kier alpha value is -4.09. The van der Waals surface area contributed by atoms with E-state index in [9.17, 15) is 29.1 Å². The smallest absolute Gasteiger partial charge is 0.348 e. The summed E-state index contributed by atoms with van der Waals surface area (Å²) in [7, 11) is 0. The lowest BCUT2D eigenvalue weighted by atomic mass is 10.2. The van der Waals surface area contributed by atoms with Gasteiger partial charge in [-0.3, -0.25) is 9.59 Å². The fourth-order valence-corrected chi connectivity index (χ4v) is 2.74. The van der Waals surface area contributed by atoms with Crippen molar-refractivity contribution in [2.45, 2.75) is 65.3 Å². The number of hydrogen-bond donors (Lipinski definition) is 1. The molecule has 0 aliphatic carbocycles. The number of esters is 5. The molecule has 35 heavy (non-hydrogen) atoms. The van der Waals surface area contributed by atoms with Crippen LogP contribution in [0.3, 0.4) is 0 Å². The summed E-state index contributed by atoms with van der Waals surface area (Å²) >= 11 is 0. The zero-order chi connectivity index (χ0) is 26.6. The van der Waals surface area contributed by atoms with Crippen LogP contribution in [-0.2, 0) is 52.4 Å². The fourth-order valence-electron chi connectivity index (χ4n) is 2.74. The maximum Gasteiger partial charge on any atom is 0.348 e. The van der Waals surface area contributed by atoms with Gasteiger partial charge in [-0.1, -0.05) is 18.2 Å². The summed E-state index contributed by atoms with van der Waals surface area (Å²) in [6.45, 7) is 8.90. The van der Waals surface area contributed by atoms with Gasteiger partial charge in [0.25, 0.3) is 23.3 Å². The minimum absolute atomic E-state index is 0.158. The Balaban J connectivity index is 0.000000360. The standard InChI is InChI=1S/C17H18O8.C6H8O4/c1-16(2)22-12(18)10(13(19)23-16)8-6-5-7-9-11-14(20)24-17(3,4)25-15(11)21;1-6(2)9-4(7)3-5(8)10-6/h5-9,18H,1-4H3;3H2,1-2H3/b7-5+,8-6+;. The summed E-state index contributed by atoms with van der Waals surface area (Å²) in [4.78, 5) is 56.3. The maximum absolute atomic E-state index is 11.7. The number of allylic oxidation sites excluding steroid dienone is 4. The maximum atomic E-state index is 11.7. The van der Waals surface area contributed by atoms with E-state index >= 15 is 0 Å². The molecule has 0 saturated carbocycles. The molecule has 12 nitrogen and oxygen atoms in total. The van der Waals surface area contributed by atoms with Gasteiger partial charge < -0.3 is 33.5 Å². The molecule has 1 N–H and O–H groups in total. The number of hydrogen-bond acceptors (Lipinski definition) is 12. The minimum Gasteiger partial charge on any atom is -0.480 e. The van der Waals surface area contributed by atoms with Gasteiger partial charge in [-0.05, 0) is 12.2 Å². The van der Waals surface area contributed by atoms with E-state index in [1.54, 1.807) is 0 Å². The van der Waals surface area contributed by atoms with E-state index in [-0.39, 0.29) is 17.6 Å². The second-order valence-electron chi connectivity index (χ2n) is 8.64. The molecule has 0 aromatic carbocycles. The van der Waals surface area contributed by atoms with Crippen LogP contribution in [0.4, 0.5) is 0 Å². The second-order valence-corrected chi connectivity index (χ2v) is 8.64. The van der Waals surface area contributed by atoms with Crippen molar-refractivity contribution in [1.82, 2.24) is 0 Å². The van der Waals surface area contributed by atoms with Crippen molar-refractivity contribution < 1.29 is 57.5 Å². The number of aliphatic hydroxyl groups is 1. The van der Waals surface area contributed by atoms with Gasteiger partial charge in [0.1, 0.15) is 17.6 Å². The van der Waals surface area contributed by atoms with Gasteiger partial charge in [-0.25, -0.2) is 14.4 Å². The zero-order valence-electron chi connectivity index (χ0n) is 20.0. The average molecular weight is 494 g/mol. The first kappa shape index (κ1) is 27.2. The Labute approximate surface area is 200 Å². The molecule has 0 spiro atoms. The third kappa shape index (κ3) is 8.02. The molecule has 3 heterocycles. The Bertz CT molecular complexity index is 1010. The highest BCUT2D eigenvalue weighted by atomic mass is 16.8. The summed E-state index contributed by atoms with van der Waals surface area (Å²) in [6.07, 6.45) is 6.42. The van der Waals surface area contributed by atoms with Crippen LogP contribution in [0, 0.1) is 0 Å². The molecule has 0 bridgehead atoms. The van der Waals surface area contributed by atoms with Crippen LogP contribution in [0.2, 0.25) is 0 Å². The minimum atomic E-state index is -1.30. The van der Waals surface area contributed by atoms with Crippen LogP contribution < -0.4 is 0 Å². The third-order valence-corrected chi connectivity index (χ3v) is 4.00. The molecule has 3 aliphatic rings. The number of rotatable bonds is 3. The summed E-state index contributed by atoms with van der Waals surface area (Å²) in [5.74, 6) is -7.54. The van der Waals surface area contributed by atoms with Crippen LogP contribution >= 0.6 is 0 Å². The molecule has 0 atom stereocenters. The van der Waals surface area contributed by atoms with E-state index in [1.807, 2.05) is 0 Å². The Morgan fingerprint density at radius 3 is 1.57 bits per heavy atom. The highest BCUT2D eigenvalue weighted by Crippen LogP contribution is 2.26. The van der Waals surface area contributed by atoms with Crippen molar-refractivity contribution in [1.29, 1.82) is 0 Å². The van der Waals surface area contributed by atoms with Crippen LogP contribution in [0.25, 0.3) is 0 Å². The van der Waals surface area contributed by atoms with Gasteiger partial charge in [0, 0.05) is 41.5 Å². The molecule has 3 rings (SSSR count). The quantitative estimate of drug-likeness (QED) is 0.152. The van der Waals surface area contributed by atoms with E-state index in [0.29, 0.717) is 0 Å². The summed E-state index contributed by atoms with van der Waals surface area (Å²) in [5, 5.41) is 9.70. The topological polar surface area (TPSA) is 161 Å². The highest BCUT2D eigenvalue weighted by molar-refractivity contribution is 6.15. The number of aliphatic hydroxyl groups excluding tert-OH is 1. The van der Waals surface area contributed by atoms with Gasteiger partial charge in [0.2, 0.25) is 0 Å². The van der Waals surface area contributed by atoms with Crippen LogP contribution in [0.15, 0.2) is 47.5 Å². The summed E-state index contributed by atoms with van der Waals surface area (Å²) in [5.41, 5.74) is -0.414. The van der Waals surface area contributed by atoms with Crippen molar-refractivity contribution in [3.8, 4) is 0 Å². The molecule has 0 aromatic heterocycles. The molecule has 2 fully saturated rings. The van der Waals surface area contributed by atoms with E-state index in [1.165, 1.54) is 71.9 Å². The lowest BCUT2D eigenvalue weighted by Gasteiger charge is -2.29. The van der Waals surface area contributed by atoms with Crippen LogP contribution in [-0.4, -0.2) is 52.3 Å². The van der Waals surface area contributed by atoms with E-state index in [4.69, 9.17) is 18.9 Å². The lowest BCUT2D eigenvalue weighted by molar-refractivity contribution is -0.231. The van der Waals surface area contributed by atoms with Crippen molar-refractivity contribution in [2.75, 3.05) is 0 Å². The number of carbonyl (C=O) groups is 5. The van der Waals surface area contributed by atoms with Gasteiger partial charge in [0.05, 0.1) is 0 Å². The molecule has 12 heteroatoms. The SMILES string of the molecule is CC1(C)OC(=O)C(=C/C=C/C=C/C2=C(O)OC(C)(C)OC2=O)C(=O)O1.CC1(C)OC(=O)CC(=O)O1. The second kappa shape index (κ2) is 10.0. The van der Waals surface area contributed by atoms with E-state index in [2.05, 4.69) is 9.47 Å². The average Bonchev–Trinajstić information content (AvgIpc) is 2.61. The number of carbonyl (C=O) groups excluding carboxylic acids is 5. The molecule has 0 radical (unpaired) electrons. The predicted octanol–water partition coefficient (Wildman–Crippen LogP) is 2.15. The van der Waals surface area contributed by atoms with E-state index in [0.717, 1.165) is 0 Å². The zero-order valence-corrected chi connectivity index (χ0v) is 20.0. The molecule has 0 aromatic rings. The largest absolute Gasteiger partial charge is 0.480 e. The van der Waals surface area contributed by atoms with Crippen molar-refractivity contribution >= 4 is 29.8 Å². The summed E-state index contributed by atoms with van der Waals surface area (Å²) in [6, 6.07) is 0. The first-order chi connectivity index (χ1) is 16.0. The van der Waals surface area contributed by atoms with Gasteiger partial charge in [-0.15, -0.1) is 0 Å². The number of cyclic esters (lactones) is 5. The van der Waals surface area contributed by atoms with Crippen LogP contribution in [0.5, 0.6) is 0 Å². The normalized spacial score (nSPS) is 22.8. The molecule has 0 amide bonds. The Kier molecular flexibility index (Phi) is 7.79. The molecular formula is C23H26O12. The van der Waals surface area contributed by atoms with Gasteiger partial charge in [-0.2, -0.15) is 0 Å². The first-order valence-electron chi connectivity index (χ1n) is 10.3. The first-order valence-corrected chi connectivity index (χ1v) is 10.3. The van der Waals surface area contributed by atoms with Gasteiger partial charge in [0.15, 0.2) is 0 Å². The Morgan fingerprint density at radius 1 is 0.629 bits per heavy atom. The monoisotopic (exact) mass is 494 g/mol. The molecule has 3 aliphatic heterocycles. The van der Waals surface area contributed by atoms with Crippen molar-refractivity contribution in [3.63, 3.8) is 0 Å². The van der Waals surface area contributed by atoms with Crippen molar-refractivity contribution in [3.05, 3.63) is 47.5 Å². The molecule has 2 saturated heterocycles. The van der Waals surface area contributed by atoms with Crippen LogP contribution in [0.1, 0.15) is 48.0 Å². The lowest BCUT2D eigenvalue weighted by Crippen LogP contribution is -2.41. The molecule has 0 unspecified atom stereocenters. The highest BCUT2D eigenvalue weighted by Gasteiger charge is 2.38. The van der Waals surface area contributed by atoms with E-state index < -0.39 is 53.2 Å².